The van der Waals surface area contributed by atoms with Crippen molar-refractivity contribution in [2.24, 2.45) is 0 Å². The Morgan fingerprint density at radius 3 is 2.33 bits per heavy atom. The van der Waals surface area contributed by atoms with Crippen molar-refractivity contribution < 1.29 is 32.5 Å². The Bertz CT molecular complexity index is 325. The highest BCUT2D eigenvalue weighted by Crippen LogP contribution is 2.42. The van der Waals surface area contributed by atoms with Crippen molar-refractivity contribution in [3.8, 4) is 0 Å². The summed E-state index contributed by atoms with van der Waals surface area (Å²) < 4.78 is 25.9. The fraction of sp³-hybridized carbons (Fsp3) is 0.700. The SMILES string of the molecule is C=CC(=O)OCCOP(=O)(O)OCC[N+](C)(C)C. The molecule has 0 heterocycles. The zero-order chi connectivity index (χ0) is 14.2. The molecule has 0 aromatic carbocycles. The second-order valence-corrected chi connectivity index (χ2v) is 5.97. The first-order valence-electron chi connectivity index (χ1n) is 5.38. The highest BCUT2D eigenvalue weighted by molar-refractivity contribution is 7.47. The molecule has 1 atom stereocenters. The molecule has 0 aliphatic carbocycles. The Morgan fingerprint density at radius 2 is 1.83 bits per heavy atom. The van der Waals surface area contributed by atoms with E-state index in [0.717, 1.165) is 6.08 Å². The molecule has 0 amide bonds. The molecule has 0 spiro atoms. The molecular weight excluding hydrogens is 261 g/mol. The van der Waals surface area contributed by atoms with Crippen molar-refractivity contribution in [2.45, 2.75) is 0 Å². The third-order valence-corrected chi connectivity index (χ3v) is 2.78. The lowest BCUT2D eigenvalue weighted by Crippen LogP contribution is -2.37. The topological polar surface area (TPSA) is 82.1 Å². The lowest BCUT2D eigenvalue weighted by atomic mass is 10.5. The quantitative estimate of drug-likeness (QED) is 0.219. The average Bonchev–Trinajstić information content (AvgIpc) is 2.21. The van der Waals surface area contributed by atoms with Crippen LogP contribution >= 0.6 is 7.82 Å². The predicted molar refractivity (Wildman–Crippen MR) is 65.8 cm³/mol. The van der Waals surface area contributed by atoms with Gasteiger partial charge in [0.1, 0.15) is 19.8 Å². The number of ether oxygens (including phenoxy) is 1. The maximum absolute atomic E-state index is 11.4. The van der Waals surface area contributed by atoms with E-state index < -0.39 is 13.8 Å². The number of carbonyl (C=O) groups excluding carboxylic acids is 1. The third-order valence-electron chi connectivity index (χ3n) is 1.77. The van der Waals surface area contributed by atoms with Gasteiger partial charge in [0.2, 0.25) is 0 Å². The minimum absolute atomic E-state index is 0.101. The molecule has 106 valence electrons. The van der Waals surface area contributed by atoms with Crippen LogP contribution in [0.2, 0.25) is 0 Å². The molecule has 0 radical (unpaired) electrons. The molecule has 0 rings (SSSR count). The van der Waals surface area contributed by atoms with Crippen LogP contribution in [0, 0.1) is 0 Å². The molecule has 0 fully saturated rings. The summed E-state index contributed by atoms with van der Waals surface area (Å²) in [6.07, 6.45) is 0.996. The van der Waals surface area contributed by atoms with Crippen molar-refractivity contribution in [1.29, 1.82) is 0 Å². The monoisotopic (exact) mass is 282 g/mol. The zero-order valence-corrected chi connectivity index (χ0v) is 11.9. The highest BCUT2D eigenvalue weighted by atomic mass is 31.2. The van der Waals surface area contributed by atoms with Crippen LogP contribution in [0.1, 0.15) is 0 Å². The smallest absolute Gasteiger partial charge is 0.460 e. The van der Waals surface area contributed by atoms with Gasteiger partial charge < -0.3 is 14.1 Å². The van der Waals surface area contributed by atoms with Crippen LogP contribution in [0.5, 0.6) is 0 Å². The molecule has 0 bridgehead atoms. The van der Waals surface area contributed by atoms with Crippen molar-refractivity contribution in [1.82, 2.24) is 0 Å². The van der Waals surface area contributed by atoms with Gasteiger partial charge in [-0.05, 0) is 0 Å². The van der Waals surface area contributed by atoms with Crippen LogP contribution in [0.3, 0.4) is 0 Å². The van der Waals surface area contributed by atoms with Crippen LogP contribution in [0.4, 0.5) is 0 Å². The lowest BCUT2D eigenvalue weighted by Gasteiger charge is -2.23. The molecule has 0 saturated carbocycles. The lowest BCUT2D eigenvalue weighted by molar-refractivity contribution is -0.870. The van der Waals surface area contributed by atoms with Gasteiger partial charge in [-0.2, -0.15) is 0 Å². The first-order valence-corrected chi connectivity index (χ1v) is 6.87. The number of hydrogen-bond donors (Lipinski definition) is 1. The van der Waals surface area contributed by atoms with Gasteiger partial charge >= 0.3 is 13.8 Å². The Hall–Kier alpha value is -0.720. The normalized spacial score (nSPS) is 14.9. The van der Waals surface area contributed by atoms with E-state index in [2.05, 4.69) is 15.8 Å². The Labute approximate surface area is 107 Å². The van der Waals surface area contributed by atoms with Crippen LogP contribution in [-0.2, 0) is 23.1 Å². The molecule has 18 heavy (non-hydrogen) atoms. The first-order chi connectivity index (χ1) is 8.16. The van der Waals surface area contributed by atoms with Gasteiger partial charge in [0.15, 0.2) is 0 Å². The Balaban J connectivity index is 3.77. The third kappa shape index (κ3) is 10.4. The van der Waals surface area contributed by atoms with E-state index in [1.807, 2.05) is 21.1 Å². The summed E-state index contributed by atoms with van der Waals surface area (Å²) in [5.74, 6) is -0.614. The van der Waals surface area contributed by atoms with E-state index in [-0.39, 0.29) is 19.8 Å². The number of esters is 1. The van der Waals surface area contributed by atoms with E-state index in [1.54, 1.807) is 0 Å². The summed E-state index contributed by atoms with van der Waals surface area (Å²) in [6, 6.07) is 0. The number of quaternary nitrogens is 1. The maximum atomic E-state index is 11.4. The fourth-order valence-electron chi connectivity index (χ4n) is 0.821. The Morgan fingerprint density at radius 1 is 1.28 bits per heavy atom. The predicted octanol–water partition coefficient (Wildman–Crippen LogP) is 0.555. The number of nitrogens with zero attached hydrogens (tertiary/aromatic N) is 1. The largest absolute Gasteiger partial charge is 0.472 e. The maximum Gasteiger partial charge on any atom is 0.472 e. The van der Waals surface area contributed by atoms with E-state index >= 15 is 0 Å². The highest BCUT2D eigenvalue weighted by Gasteiger charge is 2.22. The summed E-state index contributed by atoms with van der Waals surface area (Å²) in [6.45, 7) is 3.53. The van der Waals surface area contributed by atoms with Crippen LogP contribution < -0.4 is 0 Å². The Kier molecular flexibility index (Phi) is 7.35. The van der Waals surface area contributed by atoms with Gasteiger partial charge in [-0.3, -0.25) is 9.05 Å². The van der Waals surface area contributed by atoms with Gasteiger partial charge in [0, 0.05) is 6.08 Å². The molecule has 1 N–H and O–H groups in total. The van der Waals surface area contributed by atoms with E-state index in [9.17, 15) is 14.3 Å². The summed E-state index contributed by atoms with van der Waals surface area (Å²) in [5, 5.41) is 0. The van der Waals surface area contributed by atoms with Gasteiger partial charge in [0.25, 0.3) is 0 Å². The molecule has 7 nitrogen and oxygen atoms in total. The minimum atomic E-state index is -4.07. The molecule has 0 aliphatic rings. The number of phosphoric ester groups is 1. The standard InChI is InChI=1S/C10H20NO6P/c1-5-10(12)15-8-9-17-18(13,14)16-7-6-11(2,3)4/h5H,1,6-9H2,2-4H3/p+1. The number of likely N-dealkylation sites (N-methyl/N-ethyl adjacent to an activating group) is 1. The number of carbonyl (C=O) groups is 1. The summed E-state index contributed by atoms with van der Waals surface area (Å²) in [4.78, 5) is 19.9. The van der Waals surface area contributed by atoms with Crippen molar-refractivity contribution >= 4 is 13.8 Å². The van der Waals surface area contributed by atoms with Crippen LogP contribution in [-0.4, -0.2) is 62.9 Å². The number of phosphoric acid groups is 1. The second kappa shape index (κ2) is 7.66. The van der Waals surface area contributed by atoms with Crippen LogP contribution in [0.15, 0.2) is 12.7 Å². The first kappa shape index (κ1) is 17.3. The number of hydrogen-bond acceptors (Lipinski definition) is 5. The molecule has 0 aromatic heterocycles. The summed E-state index contributed by atoms with van der Waals surface area (Å²) in [7, 11) is 1.72. The summed E-state index contributed by atoms with van der Waals surface area (Å²) >= 11 is 0. The number of rotatable bonds is 9. The molecule has 1 unspecified atom stereocenters. The van der Waals surface area contributed by atoms with E-state index in [0.29, 0.717) is 11.0 Å². The molecular formula is C10H21NO6P+. The van der Waals surface area contributed by atoms with Gasteiger partial charge in [-0.1, -0.05) is 6.58 Å². The van der Waals surface area contributed by atoms with Gasteiger partial charge in [-0.15, -0.1) is 0 Å². The van der Waals surface area contributed by atoms with Gasteiger partial charge in [-0.25, -0.2) is 9.36 Å². The molecule has 8 heteroatoms. The molecule has 0 aromatic rings. The van der Waals surface area contributed by atoms with Crippen molar-refractivity contribution in [3.05, 3.63) is 12.7 Å². The van der Waals surface area contributed by atoms with Crippen molar-refractivity contribution in [2.75, 3.05) is 47.5 Å². The average molecular weight is 282 g/mol. The van der Waals surface area contributed by atoms with Crippen molar-refractivity contribution in [3.63, 3.8) is 0 Å². The fourth-order valence-corrected chi connectivity index (χ4v) is 1.51. The minimum Gasteiger partial charge on any atom is -0.460 e. The van der Waals surface area contributed by atoms with Crippen LogP contribution in [0.25, 0.3) is 0 Å². The molecule has 0 saturated heterocycles. The summed E-state index contributed by atoms with van der Waals surface area (Å²) in [5.41, 5.74) is 0. The van der Waals surface area contributed by atoms with E-state index in [4.69, 9.17) is 4.52 Å². The van der Waals surface area contributed by atoms with E-state index in [1.165, 1.54) is 0 Å². The van der Waals surface area contributed by atoms with Gasteiger partial charge in [0.05, 0.1) is 27.7 Å². The zero-order valence-electron chi connectivity index (χ0n) is 11.0. The second-order valence-electron chi connectivity index (χ2n) is 4.52. The molecule has 0 aliphatic heterocycles.